The van der Waals surface area contributed by atoms with Crippen molar-refractivity contribution in [3.8, 4) is 0 Å². The minimum absolute atomic E-state index is 0.160. The number of anilines is 1. The number of furan rings is 1. The molecule has 0 aliphatic heterocycles. The lowest BCUT2D eigenvalue weighted by Crippen LogP contribution is -2.15. The Labute approximate surface area is 129 Å². The zero-order valence-electron chi connectivity index (χ0n) is 12.4. The molecule has 0 saturated carbocycles. The summed E-state index contributed by atoms with van der Waals surface area (Å²) in [6, 6.07) is 8.29. The van der Waals surface area contributed by atoms with Gasteiger partial charge in [-0.2, -0.15) is 0 Å². The van der Waals surface area contributed by atoms with Crippen molar-refractivity contribution >= 4 is 21.6 Å². The molecule has 0 bridgehead atoms. The quantitative estimate of drug-likeness (QED) is 0.882. The Morgan fingerprint density at radius 2 is 2.05 bits per heavy atom. The van der Waals surface area contributed by atoms with Crippen LogP contribution >= 0.6 is 0 Å². The van der Waals surface area contributed by atoms with E-state index >= 15 is 0 Å². The highest BCUT2D eigenvalue weighted by atomic mass is 32.2. The predicted molar refractivity (Wildman–Crippen MR) is 84.0 cm³/mol. The summed E-state index contributed by atoms with van der Waals surface area (Å²) in [5.41, 5.74) is 1.80. The Balaban J connectivity index is 2.18. The first kappa shape index (κ1) is 16.3. The van der Waals surface area contributed by atoms with E-state index in [9.17, 15) is 13.2 Å². The molecule has 6 nitrogen and oxygen atoms in total. The molecule has 1 amide bonds. The molecule has 0 atom stereocenters. The molecule has 1 aromatic heterocycles. The number of amides is 1. The monoisotopic (exact) mass is 322 g/mol. The first-order valence-electron chi connectivity index (χ1n) is 6.74. The SMILES string of the molecule is CC(C)c1ccoc1C(=O)Nc1cccc(CS(N)(=O)=O)c1. The second kappa shape index (κ2) is 6.33. The number of hydrogen-bond acceptors (Lipinski definition) is 4. The maximum Gasteiger partial charge on any atom is 0.291 e. The number of sulfonamides is 1. The van der Waals surface area contributed by atoms with Crippen molar-refractivity contribution in [2.45, 2.75) is 25.5 Å². The van der Waals surface area contributed by atoms with Crippen LogP contribution in [0.1, 0.15) is 41.4 Å². The summed E-state index contributed by atoms with van der Waals surface area (Å²) >= 11 is 0. The zero-order valence-corrected chi connectivity index (χ0v) is 13.2. The molecule has 2 aromatic rings. The van der Waals surface area contributed by atoms with Gasteiger partial charge in [0.25, 0.3) is 5.91 Å². The third-order valence-corrected chi connectivity index (χ3v) is 3.81. The average Bonchev–Trinajstić information content (AvgIpc) is 2.86. The third-order valence-electron chi connectivity index (χ3n) is 3.08. The number of rotatable bonds is 5. The normalized spacial score (nSPS) is 11.6. The van der Waals surface area contributed by atoms with Gasteiger partial charge in [0.05, 0.1) is 12.0 Å². The van der Waals surface area contributed by atoms with Gasteiger partial charge in [-0.15, -0.1) is 0 Å². The van der Waals surface area contributed by atoms with E-state index in [-0.39, 0.29) is 23.3 Å². The molecular formula is C15H18N2O4S. The highest BCUT2D eigenvalue weighted by molar-refractivity contribution is 7.88. The van der Waals surface area contributed by atoms with Gasteiger partial charge < -0.3 is 9.73 Å². The minimum Gasteiger partial charge on any atom is -0.459 e. The van der Waals surface area contributed by atoms with Crippen LogP contribution in [0.15, 0.2) is 41.0 Å². The number of primary sulfonamides is 1. The molecule has 0 aliphatic rings. The number of carbonyl (C=O) groups excluding carboxylic acids is 1. The third kappa shape index (κ3) is 4.19. The Morgan fingerprint density at radius 1 is 1.32 bits per heavy atom. The molecular weight excluding hydrogens is 304 g/mol. The number of carbonyl (C=O) groups is 1. The maximum absolute atomic E-state index is 12.2. The highest BCUT2D eigenvalue weighted by Crippen LogP contribution is 2.22. The first-order valence-corrected chi connectivity index (χ1v) is 8.46. The van der Waals surface area contributed by atoms with E-state index in [2.05, 4.69) is 5.32 Å². The highest BCUT2D eigenvalue weighted by Gasteiger charge is 2.18. The molecule has 0 aliphatic carbocycles. The van der Waals surface area contributed by atoms with Gasteiger partial charge in [0.1, 0.15) is 0 Å². The van der Waals surface area contributed by atoms with E-state index in [0.717, 1.165) is 5.56 Å². The lowest BCUT2D eigenvalue weighted by molar-refractivity contribution is 0.0995. The Kier molecular flexibility index (Phi) is 4.68. The van der Waals surface area contributed by atoms with Crippen molar-refractivity contribution in [3.63, 3.8) is 0 Å². The minimum atomic E-state index is -3.61. The van der Waals surface area contributed by atoms with Gasteiger partial charge >= 0.3 is 0 Å². The fourth-order valence-electron chi connectivity index (χ4n) is 2.12. The second-order valence-electron chi connectivity index (χ2n) is 5.32. The molecule has 0 radical (unpaired) electrons. The fraction of sp³-hybridized carbons (Fsp3) is 0.267. The number of benzene rings is 1. The first-order chi connectivity index (χ1) is 10.3. The Morgan fingerprint density at radius 3 is 2.68 bits per heavy atom. The van der Waals surface area contributed by atoms with E-state index in [0.29, 0.717) is 11.3 Å². The smallest absolute Gasteiger partial charge is 0.291 e. The van der Waals surface area contributed by atoms with Crippen molar-refractivity contribution in [3.05, 3.63) is 53.5 Å². The molecule has 7 heteroatoms. The molecule has 2 rings (SSSR count). The van der Waals surface area contributed by atoms with Gasteiger partial charge in [0.15, 0.2) is 5.76 Å². The molecule has 22 heavy (non-hydrogen) atoms. The summed E-state index contributed by atoms with van der Waals surface area (Å²) in [5, 5.41) is 7.72. The number of nitrogens with one attached hydrogen (secondary N) is 1. The van der Waals surface area contributed by atoms with Gasteiger partial charge in [-0.3, -0.25) is 4.79 Å². The number of hydrogen-bond donors (Lipinski definition) is 2. The summed E-state index contributed by atoms with van der Waals surface area (Å²) < 4.78 is 27.5. The van der Waals surface area contributed by atoms with Gasteiger partial charge in [-0.25, -0.2) is 13.6 Å². The summed E-state index contributed by atoms with van der Waals surface area (Å²) in [7, 11) is -3.61. The largest absolute Gasteiger partial charge is 0.459 e. The number of nitrogens with two attached hydrogens (primary N) is 1. The van der Waals surface area contributed by atoms with Gasteiger partial charge in [-0.1, -0.05) is 26.0 Å². The Bertz CT molecular complexity index is 778. The molecule has 1 aromatic carbocycles. The fourth-order valence-corrected chi connectivity index (χ4v) is 2.76. The van der Waals surface area contributed by atoms with Crippen LogP contribution in [0.25, 0.3) is 0 Å². The summed E-state index contributed by atoms with van der Waals surface area (Å²) in [6.45, 7) is 3.93. The summed E-state index contributed by atoms with van der Waals surface area (Å²) in [6.07, 6.45) is 1.47. The zero-order chi connectivity index (χ0) is 16.3. The van der Waals surface area contributed by atoms with Crippen LogP contribution in [-0.4, -0.2) is 14.3 Å². The van der Waals surface area contributed by atoms with E-state index in [1.54, 1.807) is 30.3 Å². The van der Waals surface area contributed by atoms with Crippen LogP contribution in [0, 0.1) is 0 Å². The molecule has 0 spiro atoms. The molecule has 0 unspecified atom stereocenters. The van der Waals surface area contributed by atoms with Crippen LogP contribution in [0.4, 0.5) is 5.69 Å². The Hall–Kier alpha value is -2.12. The van der Waals surface area contributed by atoms with Crippen LogP contribution in [-0.2, 0) is 15.8 Å². The maximum atomic E-state index is 12.2. The van der Waals surface area contributed by atoms with Crippen LogP contribution in [0.2, 0.25) is 0 Å². The van der Waals surface area contributed by atoms with Crippen LogP contribution < -0.4 is 10.5 Å². The predicted octanol–water partition coefficient (Wildman–Crippen LogP) is 2.44. The van der Waals surface area contributed by atoms with Gasteiger partial charge in [0, 0.05) is 11.3 Å². The lowest BCUT2D eigenvalue weighted by Gasteiger charge is -2.08. The van der Waals surface area contributed by atoms with Crippen molar-refractivity contribution < 1.29 is 17.6 Å². The molecule has 0 saturated heterocycles. The van der Waals surface area contributed by atoms with Crippen molar-refractivity contribution in [1.29, 1.82) is 0 Å². The standard InChI is InChI=1S/C15H18N2O4S/c1-10(2)13-6-7-21-14(13)15(18)17-12-5-3-4-11(8-12)9-22(16,19)20/h3-8,10H,9H2,1-2H3,(H,17,18)(H2,16,19,20). The van der Waals surface area contributed by atoms with E-state index < -0.39 is 10.0 Å². The van der Waals surface area contributed by atoms with Gasteiger partial charge in [-0.05, 0) is 29.7 Å². The van der Waals surface area contributed by atoms with Crippen LogP contribution in [0.3, 0.4) is 0 Å². The average molecular weight is 322 g/mol. The molecule has 0 fully saturated rings. The summed E-state index contributed by atoms with van der Waals surface area (Å²) in [4.78, 5) is 12.2. The van der Waals surface area contributed by atoms with Crippen molar-refractivity contribution in [1.82, 2.24) is 0 Å². The van der Waals surface area contributed by atoms with Crippen molar-refractivity contribution in [2.24, 2.45) is 5.14 Å². The summed E-state index contributed by atoms with van der Waals surface area (Å²) in [5.74, 6) is -0.240. The van der Waals surface area contributed by atoms with E-state index in [1.807, 2.05) is 13.8 Å². The molecule has 3 N–H and O–H groups in total. The van der Waals surface area contributed by atoms with Crippen molar-refractivity contribution in [2.75, 3.05) is 5.32 Å². The molecule has 118 valence electrons. The topological polar surface area (TPSA) is 102 Å². The molecule has 1 heterocycles. The van der Waals surface area contributed by atoms with Gasteiger partial charge in [0.2, 0.25) is 10.0 Å². The van der Waals surface area contributed by atoms with E-state index in [1.165, 1.54) is 6.26 Å². The second-order valence-corrected chi connectivity index (χ2v) is 6.94. The lowest BCUT2D eigenvalue weighted by atomic mass is 10.0. The van der Waals surface area contributed by atoms with E-state index in [4.69, 9.17) is 9.56 Å². The van der Waals surface area contributed by atoms with Crippen LogP contribution in [0.5, 0.6) is 0 Å².